The van der Waals surface area contributed by atoms with Crippen LogP contribution in [-0.4, -0.2) is 42.1 Å². The molecule has 7 heteroatoms. The van der Waals surface area contributed by atoms with Gasteiger partial charge in [-0.1, -0.05) is 12.1 Å². The molecule has 1 saturated carbocycles. The maximum absolute atomic E-state index is 13.2. The smallest absolute Gasteiger partial charge is 0.230 e. The van der Waals surface area contributed by atoms with Crippen LogP contribution in [0.15, 0.2) is 30.3 Å². The number of carbonyl (C=O) groups is 1. The molecule has 2 N–H and O–H groups in total. The van der Waals surface area contributed by atoms with E-state index in [9.17, 15) is 9.18 Å². The Labute approximate surface area is 170 Å². The fourth-order valence-corrected chi connectivity index (χ4v) is 3.98. The highest BCUT2D eigenvalue weighted by atomic mass is 19.1. The minimum absolute atomic E-state index is 0.00470. The van der Waals surface area contributed by atoms with E-state index in [1.807, 2.05) is 13.0 Å². The van der Waals surface area contributed by atoms with Crippen LogP contribution in [0, 0.1) is 12.7 Å². The maximum Gasteiger partial charge on any atom is 0.230 e. The number of anilines is 2. The molecule has 2 aromatic rings. The van der Waals surface area contributed by atoms with E-state index in [-0.39, 0.29) is 11.7 Å². The Bertz CT molecular complexity index is 860. The van der Waals surface area contributed by atoms with E-state index in [1.54, 1.807) is 12.1 Å². The molecule has 154 valence electrons. The monoisotopic (exact) mass is 397 g/mol. The molecule has 2 aliphatic rings. The molecule has 29 heavy (non-hydrogen) atoms. The molecule has 2 heterocycles. The Kier molecular flexibility index (Phi) is 5.65. The number of rotatable bonds is 7. The van der Waals surface area contributed by atoms with E-state index in [0.717, 1.165) is 43.0 Å². The zero-order chi connectivity index (χ0) is 20.3. The van der Waals surface area contributed by atoms with Crippen LogP contribution in [0.4, 0.5) is 16.2 Å². The van der Waals surface area contributed by atoms with Crippen molar-refractivity contribution in [3.63, 3.8) is 0 Å². The van der Waals surface area contributed by atoms with Gasteiger partial charge in [-0.05, 0) is 56.7 Å². The number of nitrogens with zero attached hydrogens (tertiary/aromatic N) is 3. The standard InChI is InChI=1S/C22H28FN5O/c1-16-15-19(28-13-3-2-4-14-28)27-21(26-16)25-12-11-24-20(29)22(9-10-22)17-5-7-18(23)8-6-17/h5-8,15H,2-4,9-14H2,1H3,(H,24,29)(H,25,26,27). The molecular formula is C22H28FN5O. The van der Waals surface area contributed by atoms with Crippen molar-refractivity contribution in [3.8, 4) is 0 Å². The number of amides is 1. The van der Waals surface area contributed by atoms with Gasteiger partial charge in [0.2, 0.25) is 11.9 Å². The highest BCUT2D eigenvalue weighted by molar-refractivity contribution is 5.91. The van der Waals surface area contributed by atoms with Gasteiger partial charge in [0, 0.05) is 37.9 Å². The molecule has 0 spiro atoms. The molecule has 0 atom stereocenters. The van der Waals surface area contributed by atoms with E-state index in [4.69, 9.17) is 0 Å². The fraction of sp³-hybridized carbons (Fsp3) is 0.500. The van der Waals surface area contributed by atoms with Crippen molar-refractivity contribution in [1.82, 2.24) is 15.3 Å². The van der Waals surface area contributed by atoms with Gasteiger partial charge in [0.05, 0.1) is 5.41 Å². The van der Waals surface area contributed by atoms with Crippen LogP contribution < -0.4 is 15.5 Å². The van der Waals surface area contributed by atoms with Gasteiger partial charge in [0.15, 0.2) is 0 Å². The summed E-state index contributed by atoms with van der Waals surface area (Å²) in [5.41, 5.74) is 1.33. The van der Waals surface area contributed by atoms with Crippen molar-refractivity contribution in [2.45, 2.75) is 44.4 Å². The number of nitrogens with one attached hydrogen (secondary N) is 2. The Balaban J connectivity index is 1.30. The summed E-state index contributed by atoms with van der Waals surface area (Å²) < 4.78 is 13.2. The molecule has 1 aliphatic heterocycles. The quantitative estimate of drug-likeness (QED) is 0.703. The summed E-state index contributed by atoms with van der Waals surface area (Å²) in [6.45, 7) is 5.09. The van der Waals surface area contributed by atoms with Gasteiger partial charge >= 0.3 is 0 Å². The zero-order valence-corrected chi connectivity index (χ0v) is 16.9. The number of carbonyl (C=O) groups excluding carboxylic acids is 1. The van der Waals surface area contributed by atoms with Crippen LogP contribution in [0.1, 0.15) is 43.4 Å². The highest BCUT2D eigenvalue weighted by Gasteiger charge is 2.50. The van der Waals surface area contributed by atoms with E-state index in [0.29, 0.717) is 19.0 Å². The molecule has 0 bridgehead atoms. The second-order valence-electron chi connectivity index (χ2n) is 8.01. The Morgan fingerprint density at radius 2 is 1.83 bits per heavy atom. The first-order valence-corrected chi connectivity index (χ1v) is 10.5. The van der Waals surface area contributed by atoms with Crippen LogP contribution >= 0.6 is 0 Å². The predicted molar refractivity (Wildman–Crippen MR) is 112 cm³/mol. The van der Waals surface area contributed by atoms with Gasteiger partial charge in [0.1, 0.15) is 11.6 Å². The number of piperidine rings is 1. The molecule has 1 aliphatic carbocycles. The molecule has 4 rings (SSSR count). The molecule has 1 saturated heterocycles. The van der Waals surface area contributed by atoms with Crippen molar-refractivity contribution in [2.24, 2.45) is 0 Å². The lowest BCUT2D eigenvalue weighted by atomic mass is 9.95. The largest absolute Gasteiger partial charge is 0.356 e. The first-order chi connectivity index (χ1) is 14.1. The third-order valence-electron chi connectivity index (χ3n) is 5.80. The van der Waals surface area contributed by atoms with E-state index >= 15 is 0 Å². The number of hydrogen-bond acceptors (Lipinski definition) is 5. The van der Waals surface area contributed by atoms with Crippen molar-refractivity contribution in [3.05, 3.63) is 47.4 Å². The van der Waals surface area contributed by atoms with Crippen LogP contribution in [0.2, 0.25) is 0 Å². The number of halogens is 1. The molecule has 2 fully saturated rings. The summed E-state index contributed by atoms with van der Waals surface area (Å²) in [4.78, 5) is 24.1. The predicted octanol–water partition coefficient (Wildman–Crippen LogP) is 3.17. The van der Waals surface area contributed by atoms with Crippen LogP contribution in [-0.2, 0) is 10.2 Å². The van der Waals surface area contributed by atoms with Gasteiger partial charge in [-0.15, -0.1) is 0 Å². The van der Waals surface area contributed by atoms with Crippen molar-refractivity contribution in [1.29, 1.82) is 0 Å². The molecule has 1 amide bonds. The van der Waals surface area contributed by atoms with E-state index < -0.39 is 5.41 Å². The summed E-state index contributed by atoms with van der Waals surface area (Å²) in [7, 11) is 0. The fourth-order valence-electron chi connectivity index (χ4n) is 3.98. The summed E-state index contributed by atoms with van der Waals surface area (Å²) in [5, 5.41) is 6.23. The van der Waals surface area contributed by atoms with Crippen LogP contribution in [0.3, 0.4) is 0 Å². The van der Waals surface area contributed by atoms with Gasteiger partial charge in [0.25, 0.3) is 0 Å². The summed E-state index contributed by atoms with van der Waals surface area (Å²) in [6.07, 6.45) is 5.29. The average Bonchev–Trinajstić information content (AvgIpc) is 3.54. The summed E-state index contributed by atoms with van der Waals surface area (Å²) in [5.74, 6) is 1.29. The molecule has 0 unspecified atom stereocenters. The second kappa shape index (κ2) is 8.35. The van der Waals surface area contributed by atoms with Crippen molar-refractivity contribution >= 4 is 17.7 Å². The van der Waals surface area contributed by atoms with Crippen LogP contribution in [0.5, 0.6) is 0 Å². The maximum atomic E-state index is 13.2. The second-order valence-corrected chi connectivity index (χ2v) is 8.01. The third-order valence-corrected chi connectivity index (χ3v) is 5.80. The SMILES string of the molecule is Cc1cc(N2CCCCC2)nc(NCCNC(=O)C2(c3ccc(F)cc3)CC2)n1. The number of aryl methyl sites for hydroxylation is 1. The minimum atomic E-state index is -0.491. The molecule has 1 aromatic heterocycles. The highest BCUT2D eigenvalue weighted by Crippen LogP contribution is 2.48. The topological polar surface area (TPSA) is 70.2 Å². The first-order valence-electron chi connectivity index (χ1n) is 10.5. The number of benzene rings is 1. The first kappa shape index (κ1) is 19.6. The van der Waals surface area contributed by atoms with Gasteiger partial charge in [-0.2, -0.15) is 4.98 Å². The van der Waals surface area contributed by atoms with Crippen molar-refractivity contribution < 1.29 is 9.18 Å². The van der Waals surface area contributed by atoms with Gasteiger partial charge in [-0.3, -0.25) is 4.79 Å². The van der Waals surface area contributed by atoms with E-state index in [1.165, 1.54) is 31.4 Å². The summed E-state index contributed by atoms with van der Waals surface area (Å²) in [6, 6.07) is 8.28. The molecule has 1 aromatic carbocycles. The zero-order valence-electron chi connectivity index (χ0n) is 16.9. The average molecular weight is 397 g/mol. The van der Waals surface area contributed by atoms with Gasteiger partial charge in [-0.25, -0.2) is 9.37 Å². The lowest BCUT2D eigenvalue weighted by Crippen LogP contribution is -2.37. The van der Waals surface area contributed by atoms with Crippen LogP contribution in [0.25, 0.3) is 0 Å². The lowest BCUT2D eigenvalue weighted by Gasteiger charge is -2.28. The normalized spacial score (nSPS) is 17.7. The minimum Gasteiger partial charge on any atom is -0.356 e. The Hall–Kier alpha value is -2.70. The molecular weight excluding hydrogens is 369 g/mol. The molecule has 0 radical (unpaired) electrons. The summed E-state index contributed by atoms with van der Waals surface area (Å²) >= 11 is 0. The van der Waals surface area contributed by atoms with Crippen molar-refractivity contribution in [2.75, 3.05) is 36.4 Å². The third kappa shape index (κ3) is 4.49. The Morgan fingerprint density at radius 3 is 2.52 bits per heavy atom. The van der Waals surface area contributed by atoms with E-state index in [2.05, 4.69) is 25.5 Å². The molecule has 6 nitrogen and oxygen atoms in total. The lowest BCUT2D eigenvalue weighted by molar-refractivity contribution is -0.123. The number of aromatic nitrogens is 2. The Morgan fingerprint density at radius 1 is 1.10 bits per heavy atom. The van der Waals surface area contributed by atoms with Gasteiger partial charge < -0.3 is 15.5 Å². The number of hydrogen-bond donors (Lipinski definition) is 2.